The lowest BCUT2D eigenvalue weighted by Gasteiger charge is -2.38. The molecule has 1 unspecified atom stereocenters. The summed E-state index contributed by atoms with van der Waals surface area (Å²) in [5, 5.41) is 35.5. The molecule has 0 aliphatic carbocycles. The number of benzene rings is 2. The minimum Gasteiger partial charge on any atom is -0.394 e. The van der Waals surface area contributed by atoms with Crippen molar-refractivity contribution in [1.82, 2.24) is 20.4 Å². The number of nitrogens with zero attached hydrogens (tertiary/aromatic N) is 3. The van der Waals surface area contributed by atoms with Crippen molar-refractivity contribution in [2.45, 2.75) is 63.1 Å². The summed E-state index contributed by atoms with van der Waals surface area (Å²) in [5.74, 6) is -3.26. The Morgan fingerprint density at radius 3 is 2.48 bits per heavy atom. The quantitative estimate of drug-likeness (QED) is 0.302. The largest absolute Gasteiger partial charge is 0.394 e. The Hall–Kier alpha value is -2.85. The zero-order valence-electron chi connectivity index (χ0n) is 26.2. The van der Waals surface area contributed by atoms with Crippen molar-refractivity contribution >= 4 is 35.0 Å². The summed E-state index contributed by atoms with van der Waals surface area (Å²) < 4.78 is 31.7. The molecule has 2 aliphatic heterocycles. The zero-order chi connectivity index (χ0) is 33.8. The fourth-order valence-corrected chi connectivity index (χ4v) is 6.94. The second-order valence-corrected chi connectivity index (χ2v) is 14.1. The van der Waals surface area contributed by atoms with Gasteiger partial charge in [0.1, 0.15) is 17.0 Å². The standard InChI is InChI=1S/C33H41Cl2F2N5O4/c1-32(2,3)16-26-33(19-38,23-8-7-20(34)15-25(23)36)28(22-5-4-6-24(35)29(22)37)30(40-26)31(46)42-13-11-41(12-14-42)17-27(45)39-10-9-21(44)18-43/h4-8,15,21,26,28,30,40,43-44H,9-14,16-18H2,1-3H3,(H,39,45)/t21-,26-,28?,30+,33-/m0/s1. The molecule has 4 N–H and O–H groups in total. The third-order valence-electron chi connectivity index (χ3n) is 8.78. The van der Waals surface area contributed by atoms with Crippen LogP contribution >= 0.6 is 23.2 Å². The van der Waals surface area contributed by atoms with Crippen LogP contribution in [-0.4, -0.2) is 95.9 Å². The van der Waals surface area contributed by atoms with E-state index in [-0.39, 0.29) is 77.6 Å². The predicted octanol–water partition coefficient (Wildman–Crippen LogP) is 3.60. The molecule has 2 aromatic rings. The van der Waals surface area contributed by atoms with Crippen LogP contribution in [0.3, 0.4) is 0 Å². The number of rotatable bonds is 10. The molecule has 13 heteroatoms. The minimum atomic E-state index is -1.71. The van der Waals surface area contributed by atoms with Gasteiger partial charge in [-0.15, -0.1) is 0 Å². The van der Waals surface area contributed by atoms with Gasteiger partial charge in [-0.3, -0.25) is 14.5 Å². The van der Waals surface area contributed by atoms with Gasteiger partial charge >= 0.3 is 0 Å². The summed E-state index contributed by atoms with van der Waals surface area (Å²) in [6.07, 6.45) is -0.307. The van der Waals surface area contributed by atoms with E-state index in [9.17, 15) is 20.0 Å². The van der Waals surface area contributed by atoms with E-state index in [1.807, 2.05) is 25.7 Å². The third-order valence-corrected chi connectivity index (χ3v) is 9.30. The van der Waals surface area contributed by atoms with Crippen LogP contribution in [0.1, 0.15) is 50.7 Å². The summed E-state index contributed by atoms with van der Waals surface area (Å²) in [5.41, 5.74) is -2.02. The van der Waals surface area contributed by atoms with Gasteiger partial charge in [0.05, 0.1) is 36.4 Å². The number of nitriles is 1. The highest BCUT2D eigenvalue weighted by atomic mass is 35.5. The van der Waals surface area contributed by atoms with E-state index < -0.39 is 41.2 Å². The molecule has 0 radical (unpaired) electrons. The highest BCUT2D eigenvalue weighted by Crippen LogP contribution is 2.53. The van der Waals surface area contributed by atoms with Crippen LogP contribution in [0.2, 0.25) is 10.0 Å². The Balaban J connectivity index is 1.66. The molecule has 2 aromatic carbocycles. The van der Waals surface area contributed by atoms with Crippen LogP contribution in [0.15, 0.2) is 36.4 Å². The van der Waals surface area contributed by atoms with Crippen molar-refractivity contribution < 1.29 is 28.6 Å². The molecule has 2 aliphatic rings. The molecule has 0 bridgehead atoms. The van der Waals surface area contributed by atoms with Gasteiger partial charge in [-0.2, -0.15) is 5.26 Å². The van der Waals surface area contributed by atoms with Crippen molar-refractivity contribution in [3.05, 3.63) is 69.2 Å². The molecule has 4 rings (SSSR count). The number of hydrogen-bond acceptors (Lipinski definition) is 7. The SMILES string of the molecule is CC(C)(C)C[C@@H]1N[C@@H](C(=O)N2CCN(CC(=O)NCC[C@H](O)CO)CC2)C(c2cccc(Cl)c2F)[C@@]1(C#N)c1ccc(Cl)cc1F. The van der Waals surface area contributed by atoms with Gasteiger partial charge in [-0.1, -0.05) is 62.2 Å². The zero-order valence-corrected chi connectivity index (χ0v) is 27.7. The Bertz CT molecular complexity index is 1460. The van der Waals surface area contributed by atoms with E-state index in [1.165, 1.54) is 24.3 Å². The Kier molecular flexibility index (Phi) is 11.7. The number of aliphatic hydroxyl groups excluding tert-OH is 2. The van der Waals surface area contributed by atoms with Crippen molar-refractivity contribution in [2.75, 3.05) is 45.9 Å². The third kappa shape index (κ3) is 7.81. The molecule has 2 fully saturated rings. The average Bonchev–Trinajstić information content (AvgIpc) is 3.31. The second-order valence-electron chi connectivity index (χ2n) is 13.3. The Morgan fingerprint density at radius 2 is 1.87 bits per heavy atom. The first kappa shape index (κ1) is 36.0. The summed E-state index contributed by atoms with van der Waals surface area (Å²) in [6.45, 7) is 7.19. The predicted molar refractivity (Wildman–Crippen MR) is 171 cm³/mol. The maximum Gasteiger partial charge on any atom is 0.240 e. The molecular weight excluding hydrogens is 639 g/mol. The van der Waals surface area contributed by atoms with E-state index in [2.05, 4.69) is 16.7 Å². The molecule has 2 heterocycles. The van der Waals surface area contributed by atoms with Gasteiger partial charge in [-0.05, 0) is 42.0 Å². The first-order valence-electron chi connectivity index (χ1n) is 15.3. The fourth-order valence-electron chi connectivity index (χ4n) is 6.60. The molecule has 2 saturated heterocycles. The van der Waals surface area contributed by atoms with Crippen molar-refractivity contribution in [1.29, 1.82) is 5.26 Å². The normalized spacial score (nSPS) is 24.4. The van der Waals surface area contributed by atoms with Crippen LogP contribution < -0.4 is 10.6 Å². The van der Waals surface area contributed by atoms with E-state index in [0.29, 0.717) is 19.5 Å². The molecule has 46 heavy (non-hydrogen) atoms. The number of carbonyl (C=O) groups excluding carboxylic acids is 2. The first-order chi connectivity index (χ1) is 21.7. The van der Waals surface area contributed by atoms with Gasteiger partial charge in [0, 0.05) is 55.3 Å². The van der Waals surface area contributed by atoms with Crippen molar-refractivity contribution in [2.24, 2.45) is 5.41 Å². The monoisotopic (exact) mass is 679 g/mol. The number of nitrogens with one attached hydrogen (secondary N) is 2. The van der Waals surface area contributed by atoms with E-state index in [0.717, 1.165) is 6.07 Å². The number of aliphatic hydroxyl groups is 2. The van der Waals surface area contributed by atoms with Crippen molar-refractivity contribution in [3.8, 4) is 6.07 Å². The summed E-state index contributed by atoms with van der Waals surface area (Å²) >= 11 is 12.3. The lowest BCUT2D eigenvalue weighted by atomic mass is 9.62. The molecule has 0 saturated carbocycles. The fraction of sp³-hybridized carbons (Fsp3) is 0.545. The van der Waals surface area contributed by atoms with Gasteiger partial charge in [0.25, 0.3) is 0 Å². The van der Waals surface area contributed by atoms with Gasteiger partial charge in [0.2, 0.25) is 11.8 Å². The number of carbonyl (C=O) groups is 2. The molecule has 5 atom stereocenters. The smallest absolute Gasteiger partial charge is 0.240 e. The van der Waals surface area contributed by atoms with Crippen LogP contribution in [0.5, 0.6) is 0 Å². The summed E-state index contributed by atoms with van der Waals surface area (Å²) in [4.78, 5) is 30.3. The highest BCUT2D eigenvalue weighted by Gasteiger charge is 2.61. The molecule has 0 aromatic heterocycles. The van der Waals surface area contributed by atoms with Gasteiger partial charge in [-0.25, -0.2) is 8.78 Å². The summed E-state index contributed by atoms with van der Waals surface area (Å²) in [6, 6.07) is 8.98. The topological polar surface area (TPSA) is 129 Å². The van der Waals surface area contributed by atoms with Crippen molar-refractivity contribution in [3.63, 3.8) is 0 Å². The lowest BCUT2D eigenvalue weighted by Crippen LogP contribution is -2.55. The van der Waals surface area contributed by atoms with Crippen LogP contribution in [0, 0.1) is 28.4 Å². The first-order valence-corrected chi connectivity index (χ1v) is 16.1. The molecule has 9 nitrogen and oxygen atoms in total. The van der Waals surface area contributed by atoms with Crippen LogP contribution in [0.25, 0.3) is 0 Å². The minimum absolute atomic E-state index is 0.0168. The Labute approximate surface area is 278 Å². The van der Waals surface area contributed by atoms with Crippen LogP contribution in [0.4, 0.5) is 8.78 Å². The maximum atomic E-state index is 15.9. The Morgan fingerprint density at radius 1 is 1.17 bits per heavy atom. The number of amides is 2. The van der Waals surface area contributed by atoms with E-state index >= 15 is 8.78 Å². The molecule has 2 amide bonds. The highest BCUT2D eigenvalue weighted by molar-refractivity contribution is 6.31. The molecule has 0 spiro atoms. The molecule has 250 valence electrons. The van der Waals surface area contributed by atoms with Gasteiger partial charge < -0.3 is 25.7 Å². The number of hydrogen-bond donors (Lipinski definition) is 4. The number of halogens is 4. The lowest BCUT2D eigenvalue weighted by molar-refractivity contribution is -0.135. The van der Waals surface area contributed by atoms with Gasteiger partial charge in [0.15, 0.2) is 0 Å². The van der Waals surface area contributed by atoms with E-state index in [4.69, 9.17) is 28.3 Å². The number of piperazine rings is 1. The van der Waals surface area contributed by atoms with Crippen LogP contribution in [-0.2, 0) is 15.0 Å². The van der Waals surface area contributed by atoms with E-state index in [1.54, 1.807) is 11.0 Å². The maximum absolute atomic E-state index is 15.9. The average molecular weight is 681 g/mol. The summed E-state index contributed by atoms with van der Waals surface area (Å²) in [7, 11) is 0. The second kappa shape index (κ2) is 14.9. The molecular formula is C33H41Cl2F2N5O4.